The van der Waals surface area contributed by atoms with Gasteiger partial charge in [-0.05, 0) is 43.7 Å². The largest absolute Gasteiger partial charge is 0.295 e. The standard InChI is InChI=1S/C18H18BrNO3S/c1-12-7-9-17(10-8-12)24(22,23)20-18(13(2)14(3)21)15-5-4-6-16(19)11-15/h4-11,18,20H,2H2,1,3H3/t18-/m1/s1. The predicted octanol–water partition coefficient (Wildman–Crippen LogP) is 3.92. The first-order valence-corrected chi connectivity index (χ1v) is 9.52. The number of carbonyl (C=O) groups excluding carboxylic acids is 1. The number of nitrogens with one attached hydrogen (secondary N) is 1. The fraction of sp³-hybridized carbons (Fsp3) is 0.167. The van der Waals surface area contributed by atoms with E-state index in [-0.39, 0.29) is 16.3 Å². The van der Waals surface area contributed by atoms with Gasteiger partial charge in [0.25, 0.3) is 0 Å². The number of ketones is 1. The number of hydrogen-bond donors (Lipinski definition) is 1. The molecule has 0 aliphatic heterocycles. The second-order valence-electron chi connectivity index (χ2n) is 5.50. The van der Waals surface area contributed by atoms with Gasteiger partial charge in [-0.15, -0.1) is 0 Å². The molecule has 0 aliphatic rings. The molecule has 6 heteroatoms. The first kappa shape index (κ1) is 18.6. The SMILES string of the molecule is C=C(C(C)=O)[C@@H](NS(=O)(=O)c1ccc(C)cc1)c1cccc(Br)c1. The molecule has 4 nitrogen and oxygen atoms in total. The van der Waals surface area contributed by atoms with E-state index >= 15 is 0 Å². The van der Waals surface area contributed by atoms with Crippen LogP contribution in [0.5, 0.6) is 0 Å². The Morgan fingerprint density at radius 2 is 1.79 bits per heavy atom. The molecule has 2 aromatic rings. The van der Waals surface area contributed by atoms with E-state index in [1.165, 1.54) is 19.1 Å². The van der Waals surface area contributed by atoms with Gasteiger partial charge in [0.15, 0.2) is 5.78 Å². The maximum absolute atomic E-state index is 12.7. The van der Waals surface area contributed by atoms with Crippen LogP contribution >= 0.6 is 15.9 Å². The normalized spacial score (nSPS) is 12.6. The Labute approximate surface area is 150 Å². The first-order valence-electron chi connectivity index (χ1n) is 7.25. The number of sulfonamides is 1. The first-order chi connectivity index (χ1) is 11.2. The molecule has 0 radical (unpaired) electrons. The zero-order valence-corrected chi connectivity index (χ0v) is 15.8. The van der Waals surface area contributed by atoms with Crippen LogP contribution in [0.3, 0.4) is 0 Å². The highest BCUT2D eigenvalue weighted by Gasteiger charge is 2.25. The van der Waals surface area contributed by atoms with Gasteiger partial charge in [-0.25, -0.2) is 8.42 Å². The third-order valence-electron chi connectivity index (χ3n) is 3.59. The topological polar surface area (TPSA) is 63.2 Å². The average Bonchev–Trinajstić information content (AvgIpc) is 2.52. The van der Waals surface area contributed by atoms with Crippen LogP contribution in [0.2, 0.25) is 0 Å². The van der Waals surface area contributed by atoms with Crippen LogP contribution in [-0.4, -0.2) is 14.2 Å². The number of benzene rings is 2. The molecule has 24 heavy (non-hydrogen) atoms. The van der Waals surface area contributed by atoms with Gasteiger partial charge in [-0.1, -0.05) is 52.3 Å². The van der Waals surface area contributed by atoms with Gasteiger partial charge in [0, 0.05) is 10.0 Å². The molecule has 0 unspecified atom stereocenters. The summed E-state index contributed by atoms with van der Waals surface area (Å²) in [4.78, 5) is 11.9. The number of rotatable bonds is 6. The third-order valence-corrected chi connectivity index (χ3v) is 5.52. The Hall–Kier alpha value is -1.76. The molecule has 0 amide bonds. The van der Waals surface area contributed by atoms with Crippen molar-refractivity contribution in [3.63, 3.8) is 0 Å². The molecule has 0 aromatic heterocycles. The van der Waals surface area contributed by atoms with Crippen LogP contribution in [0.1, 0.15) is 24.1 Å². The molecule has 0 bridgehead atoms. The lowest BCUT2D eigenvalue weighted by Crippen LogP contribution is -2.31. The molecule has 0 saturated heterocycles. The van der Waals surface area contributed by atoms with Gasteiger partial charge >= 0.3 is 0 Å². The fourth-order valence-electron chi connectivity index (χ4n) is 2.17. The van der Waals surface area contributed by atoms with Gasteiger partial charge in [-0.2, -0.15) is 4.72 Å². The van der Waals surface area contributed by atoms with E-state index in [1.54, 1.807) is 30.3 Å². The maximum Gasteiger partial charge on any atom is 0.241 e. The summed E-state index contributed by atoms with van der Waals surface area (Å²) in [5, 5.41) is 0. The number of carbonyl (C=O) groups is 1. The predicted molar refractivity (Wildman–Crippen MR) is 98.2 cm³/mol. The molecule has 0 fully saturated rings. The van der Waals surface area contributed by atoms with Gasteiger partial charge in [0.05, 0.1) is 10.9 Å². The summed E-state index contributed by atoms with van der Waals surface area (Å²) in [6, 6.07) is 12.8. The Bertz CT molecular complexity index is 873. The lowest BCUT2D eigenvalue weighted by molar-refractivity contribution is -0.113. The summed E-state index contributed by atoms with van der Waals surface area (Å²) in [6.07, 6.45) is 0. The number of aryl methyl sites for hydroxylation is 1. The highest BCUT2D eigenvalue weighted by Crippen LogP contribution is 2.26. The van der Waals surface area contributed by atoms with Gasteiger partial charge < -0.3 is 0 Å². The lowest BCUT2D eigenvalue weighted by Gasteiger charge is -2.20. The van der Waals surface area contributed by atoms with Crippen molar-refractivity contribution in [1.29, 1.82) is 0 Å². The highest BCUT2D eigenvalue weighted by atomic mass is 79.9. The summed E-state index contributed by atoms with van der Waals surface area (Å²) in [6.45, 7) is 7.01. The van der Waals surface area contributed by atoms with E-state index in [4.69, 9.17) is 0 Å². The molecule has 126 valence electrons. The minimum Gasteiger partial charge on any atom is -0.295 e. The van der Waals surface area contributed by atoms with E-state index in [0.29, 0.717) is 5.56 Å². The van der Waals surface area contributed by atoms with Gasteiger partial charge in [-0.3, -0.25) is 4.79 Å². The summed E-state index contributed by atoms with van der Waals surface area (Å²) in [5.41, 5.74) is 1.79. The van der Waals surface area contributed by atoms with Crippen molar-refractivity contribution in [3.05, 3.63) is 76.3 Å². The number of halogens is 1. The second-order valence-corrected chi connectivity index (χ2v) is 8.13. The number of Topliss-reactive ketones (excluding diaryl/α,β-unsaturated/α-hetero) is 1. The Balaban J connectivity index is 2.43. The van der Waals surface area contributed by atoms with Crippen LogP contribution in [-0.2, 0) is 14.8 Å². The van der Waals surface area contributed by atoms with Crippen molar-refractivity contribution in [3.8, 4) is 0 Å². The minimum absolute atomic E-state index is 0.143. The zero-order chi connectivity index (χ0) is 17.9. The molecular weight excluding hydrogens is 390 g/mol. The van der Waals surface area contributed by atoms with Crippen molar-refractivity contribution in [2.45, 2.75) is 24.8 Å². The van der Waals surface area contributed by atoms with E-state index in [2.05, 4.69) is 27.2 Å². The minimum atomic E-state index is -3.79. The van der Waals surface area contributed by atoms with Crippen molar-refractivity contribution in [2.75, 3.05) is 0 Å². The van der Waals surface area contributed by atoms with Gasteiger partial charge in [0.2, 0.25) is 10.0 Å². The lowest BCUT2D eigenvalue weighted by atomic mass is 9.98. The van der Waals surface area contributed by atoms with Crippen molar-refractivity contribution in [2.24, 2.45) is 0 Å². The van der Waals surface area contributed by atoms with Gasteiger partial charge in [0.1, 0.15) is 0 Å². The molecule has 2 rings (SSSR count). The van der Waals surface area contributed by atoms with Crippen LogP contribution in [0.15, 0.2) is 70.1 Å². The summed E-state index contributed by atoms with van der Waals surface area (Å²) < 4.78 is 28.7. The van der Waals surface area contributed by atoms with Crippen LogP contribution in [0.4, 0.5) is 0 Å². The summed E-state index contributed by atoms with van der Waals surface area (Å²) in [5.74, 6) is -0.272. The summed E-state index contributed by atoms with van der Waals surface area (Å²) in [7, 11) is -3.79. The fourth-order valence-corrected chi connectivity index (χ4v) is 3.81. The van der Waals surface area contributed by atoms with E-state index < -0.39 is 16.1 Å². The van der Waals surface area contributed by atoms with E-state index in [1.807, 2.05) is 13.0 Å². The van der Waals surface area contributed by atoms with Crippen LogP contribution < -0.4 is 4.72 Å². The zero-order valence-electron chi connectivity index (χ0n) is 13.4. The van der Waals surface area contributed by atoms with E-state index in [0.717, 1.165) is 10.0 Å². The Morgan fingerprint density at radius 1 is 1.17 bits per heavy atom. The quantitative estimate of drug-likeness (QED) is 0.737. The highest BCUT2D eigenvalue weighted by molar-refractivity contribution is 9.10. The molecule has 1 atom stereocenters. The molecule has 1 N–H and O–H groups in total. The van der Waals surface area contributed by atoms with Crippen molar-refractivity contribution in [1.82, 2.24) is 4.72 Å². The Morgan fingerprint density at radius 3 is 2.33 bits per heavy atom. The van der Waals surface area contributed by atoms with E-state index in [9.17, 15) is 13.2 Å². The molecule has 0 saturated carbocycles. The van der Waals surface area contributed by atoms with Crippen LogP contribution in [0.25, 0.3) is 0 Å². The maximum atomic E-state index is 12.7. The molecule has 2 aromatic carbocycles. The number of hydrogen-bond acceptors (Lipinski definition) is 3. The van der Waals surface area contributed by atoms with Crippen LogP contribution in [0, 0.1) is 6.92 Å². The summed E-state index contributed by atoms with van der Waals surface area (Å²) >= 11 is 3.36. The average molecular weight is 408 g/mol. The Kier molecular flexibility index (Phi) is 5.74. The third kappa shape index (κ3) is 4.41. The monoisotopic (exact) mass is 407 g/mol. The molecular formula is C18H18BrNO3S. The second kappa shape index (κ2) is 7.42. The smallest absolute Gasteiger partial charge is 0.241 e. The molecule has 0 aliphatic carbocycles. The van der Waals surface area contributed by atoms with Crippen molar-refractivity contribution >= 4 is 31.7 Å². The molecule has 0 spiro atoms. The van der Waals surface area contributed by atoms with Crippen molar-refractivity contribution < 1.29 is 13.2 Å². The molecule has 0 heterocycles.